The summed E-state index contributed by atoms with van der Waals surface area (Å²) in [5.74, 6) is 0. The van der Waals surface area contributed by atoms with E-state index in [-0.39, 0.29) is 6.04 Å². The van der Waals surface area contributed by atoms with Crippen LogP contribution in [0, 0.1) is 6.92 Å². The van der Waals surface area contributed by atoms with Crippen LogP contribution in [-0.4, -0.2) is 11.5 Å². The van der Waals surface area contributed by atoms with Crippen LogP contribution in [0.2, 0.25) is 5.02 Å². The van der Waals surface area contributed by atoms with Gasteiger partial charge in [0.25, 0.3) is 0 Å². The van der Waals surface area contributed by atoms with Crippen molar-refractivity contribution < 1.29 is 0 Å². The molecule has 0 amide bonds. The van der Waals surface area contributed by atoms with E-state index in [1.54, 1.807) is 17.5 Å². The summed E-state index contributed by atoms with van der Waals surface area (Å²) < 4.78 is 0. The summed E-state index contributed by atoms with van der Waals surface area (Å²) in [4.78, 5) is 5.77. The van der Waals surface area contributed by atoms with Gasteiger partial charge in [-0.3, -0.25) is 4.98 Å². The lowest BCUT2D eigenvalue weighted by Gasteiger charge is -2.18. The zero-order valence-corrected chi connectivity index (χ0v) is 12.2. The quantitative estimate of drug-likeness (QED) is 0.888. The summed E-state index contributed by atoms with van der Waals surface area (Å²) in [5.41, 5.74) is 2.34. The van der Waals surface area contributed by atoms with Gasteiger partial charge in [-0.05, 0) is 49.0 Å². The summed E-state index contributed by atoms with van der Waals surface area (Å²) in [6.45, 7) is 5.29. The van der Waals surface area contributed by atoms with E-state index in [0.717, 1.165) is 18.7 Å². The van der Waals surface area contributed by atoms with Gasteiger partial charge in [0.1, 0.15) is 0 Å². The Morgan fingerprint density at radius 3 is 2.78 bits per heavy atom. The molecule has 18 heavy (non-hydrogen) atoms. The van der Waals surface area contributed by atoms with Crippen LogP contribution >= 0.6 is 22.9 Å². The number of nitrogens with zero attached hydrogens (tertiary/aromatic N) is 1. The lowest BCUT2D eigenvalue weighted by atomic mass is 10.1. The number of pyridine rings is 1. The second kappa shape index (κ2) is 6.32. The zero-order chi connectivity index (χ0) is 13.0. The molecule has 0 saturated carbocycles. The first-order valence-corrected chi connectivity index (χ1v) is 7.37. The Labute approximate surface area is 117 Å². The minimum Gasteiger partial charge on any atom is -0.304 e. The van der Waals surface area contributed by atoms with Crippen molar-refractivity contribution >= 4 is 22.9 Å². The Morgan fingerprint density at radius 2 is 2.22 bits per heavy atom. The molecule has 0 spiro atoms. The predicted molar refractivity (Wildman–Crippen MR) is 78.4 cm³/mol. The Kier molecular flexibility index (Phi) is 4.75. The van der Waals surface area contributed by atoms with E-state index in [4.69, 9.17) is 11.6 Å². The smallest absolute Gasteiger partial charge is 0.0847 e. The molecule has 0 aromatic carbocycles. The van der Waals surface area contributed by atoms with E-state index in [1.807, 2.05) is 12.1 Å². The Hall–Kier alpha value is -0.900. The van der Waals surface area contributed by atoms with Crippen LogP contribution in [0.15, 0.2) is 29.8 Å². The number of aromatic nitrogens is 1. The van der Waals surface area contributed by atoms with Gasteiger partial charge in [-0.1, -0.05) is 18.5 Å². The summed E-state index contributed by atoms with van der Waals surface area (Å²) in [7, 11) is 0. The highest BCUT2D eigenvalue weighted by atomic mass is 35.5. The molecule has 4 heteroatoms. The van der Waals surface area contributed by atoms with Gasteiger partial charge in [-0.2, -0.15) is 0 Å². The molecule has 2 heterocycles. The number of hydrogen-bond acceptors (Lipinski definition) is 3. The summed E-state index contributed by atoms with van der Waals surface area (Å²) in [6.07, 6.45) is 2.81. The molecular weight excluding hydrogens is 264 g/mol. The van der Waals surface area contributed by atoms with E-state index >= 15 is 0 Å². The highest BCUT2D eigenvalue weighted by Crippen LogP contribution is 2.28. The van der Waals surface area contributed by atoms with Gasteiger partial charge in [0, 0.05) is 11.1 Å². The predicted octanol–water partition coefficient (Wildman–Crippen LogP) is 4.19. The fourth-order valence-electron chi connectivity index (χ4n) is 1.86. The van der Waals surface area contributed by atoms with Crippen LogP contribution in [0.1, 0.15) is 35.5 Å². The molecule has 2 aromatic heterocycles. The first-order valence-electron chi connectivity index (χ1n) is 6.11. The Balaban J connectivity index is 2.30. The average molecular weight is 281 g/mol. The minimum atomic E-state index is 0.169. The maximum atomic E-state index is 5.90. The maximum absolute atomic E-state index is 5.90. The second-order valence-corrected chi connectivity index (χ2v) is 5.64. The normalized spacial score (nSPS) is 12.6. The van der Waals surface area contributed by atoms with Crippen molar-refractivity contribution in [3.8, 4) is 0 Å². The molecule has 0 radical (unpaired) electrons. The summed E-state index contributed by atoms with van der Waals surface area (Å²) in [5, 5.41) is 6.36. The fraction of sp³-hybridized carbons (Fsp3) is 0.357. The Morgan fingerprint density at radius 1 is 1.39 bits per heavy atom. The van der Waals surface area contributed by atoms with Crippen molar-refractivity contribution in [1.82, 2.24) is 10.3 Å². The summed E-state index contributed by atoms with van der Waals surface area (Å²) >= 11 is 7.67. The van der Waals surface area contributed by atoms with Crippen LogP contribution in [0.4, 0.5) is 0 Å². The van der Waals surface area contributed by atoms with Crippen LogP contribution in [-0.2, 0) is 0 Å². The maximum Gasteiger partial charge on any atom is 0.0847 e. The molecule has 96 valence electrons. The lowest BCUT2D eigenvalue weighted by molar-refractivity contribution is 0.592. The van der Waals surface area contributed by atoms with Crippen LogP contribution < -0.4 is 5.32 Å². The second-order valence-electron chi connectivity index (χ2n) is 4.26. The first kappa shape index (κ1) is 13.5. The Bertz CT molecular complexity index is 493. The number of thiophene rings is 1. The van der Waals surface area contributed by atoms with Gasteiger partial charge in [0.2, 0.25) is 0 Å². The van der Waals surface area contributed by atoms with Gasteiger partial charge in [-0.25, -0.2) is 0 Å². The molecule has 0 aliphatic rings. The van der Waals surface area contributed by atoms with Gasteiger partial charge in [-0.15, -0.1) is 11.3 Å². The van der Waals surface area contributed by atoms with E-state index in [9.17, 15) is 0 Å². The molecule has 0 aliphatic heterocycles. The third-order valence-electron chi connectivity index (χ3n) is 2.81. The zero-order valence-electron chi connectivity index (χ0n) is 10.6. The monoisotopic (exact) mass is 280 g/mol. The SMILES string of the molecule is CCCNC(c1ccc(Cl)cn1)c1sccc1C. The molecule has 1 unspecified atom stereocenters. The van der Waals surface area contributed by atoms with Crippen molar-refractivity contribution in [1.29, 1.82) is 0 Å². The van der Waals surface area contributed by atoms with E-state index in [0.29, 0.717) is 5.02 Å². The highest BCUT2D eigenvalue weighted by molar-refractivity contribution is 7.10. The number of aryl methyl sites for hydroxylation is 1. The molecule has 1 atom stereocenters. The van der Waals surface area contributed by atoms with Crippen molar-refractivity contribution in [2.45, 2.75) is 26.3 Å². The minimum absolute atomic E-state index is 0.169. The topological polar surface area (TPSA) is 24.9 Å². The number of nitrogens with one attached hydrogen (secondary N) is 1. The fourth-order valence-corrected chi connectivity index (χ4v) is 2.98. The molecule has 2 rings (SSSR count). The van der Waals surface area contributed by atoms with Gasteiger partial charge < -0.3 is 5.32 Å². The number of rotatable bonds is 5. The standard InChI is InChI=1S/C14H17ClN2S/c1-3-7-16-13(14-10(2)6-8-18-14)12-5-4-11(15)9-17-12/h4-6,8-9,13,16H,3,7H2,1-2H3. The molecule has 0 saturated heterocycles. The molecule has 2 aromatic rings. The molecule has 0 bridgehead atoms. The van der Waals surface area contributed by atoms with Gasteiger partial charge in [0.05, 0.1) is 16.8 Å². The largest absolute Gasteiger partial charge is 0.304 e. The third kappa shape index (κ3) is 3.10. The summed E-state index contributed by atoms with van der Waals surface area (Å²) in [6, 6.07) is 6.21. The first-order chi connectivity index (χ1) is 8.72. The molecule has 0 aliphatic carbocycles. The van der Waals surface area contributed by atoms with E-state index in [1.165, 1.54) is 10.4 Å². The highest BCUT2D eigenvalue weighted by Gasteiger charge is 2.17. The van der Waals surface area contributed by atoms with Crippen molar-refractivity contribution in [3.05, 3.63) is 50.9 Å². The number of halogens is 1. The molecule has 1 N–H and O–H groups in total. The molecular formula is C14H17ClN2S. The van der Waals surface area contributed by atoms with Crippen molar-refractivity contribution in [3.63, 3.8) is 0 Å². The van der Waals surface area contributed by atoms with Crippen LogP contribution in [0.5, 0.6) is 0 Å². The van der Waals surface area contributed by atoms with Crippen LogP contribution in [0.25, 0.3) is 0 Å². The van der Waals surface area contributed by atoms with E-state index in [2.05, 4.69) is 35.6 Å². The number of hydrogen-bond donors (Lipinski definition) is 1. The van der Waals surface area contributed by atoms with Crippen molar-refractivity contribution in [2.75, 3.05) is 6.54 Å². The third-order valence-corrected chi connectivity index (χ3v) is 4.12. The van der Waals surface area contributed by atoms with Gasteiger partial charge >= 0.3 is 0 Å². The van der Waals surface area contributed by atoms with Crippen molar-refractivity contribution in [2.24, 2.45) is 0 Å². The van der Waals surface area contributed by atoms with E-state index < -0.39 is 0 Å². The van der Waals surface area contributed by atoms with Crippen LogP contribution in [0.3, 0.4) is 0 Å². The van der Waals surface area contributed by atoms with Gasteiger partial charge in [0.15, 0.2) is 0 Å². The molecule has 0 fully saturated rings. The average Bonchev–Trinajstić information content (AvgIpc) is 2.78. The lowest BCUT2D eigenvalue weighted by Crippen LogP contribution is -2.23. The molecule has 2 nitrogen and oxygen atoms in total.